The second-order valence-electron chi connectivity index (χ2n) is 5.96. The number of nitrogens with zero attached hydrogens (tertiary/aromatic N) is 1. The van der Waals surface area contributed by atoms with E-state index in [2.05, 4.69) is 15.0 Å². The van der Waals surface area contributed by atoms with Crippen molar-refractivity contribution in [3.8, 4) is 0 Å². The third-order valence-corrected chi connectivity index (χ3v) is 6.36. The molecule has 3 aromatic rings. The molecule has 0 fully saturated rings. The number of halogens is 4. The number of amides is 1. The number of rotatable bonds is 6. The summed E-state index contributed by atoms with van der Waals surface area (Å²) in [5.74, 6) is -0.525. The lowest BCUT2D eigenvalue weighted by Crippen LogP contribution is -2.23. The molecule has 0 aliphatic carbocycles. The molecule has 30 heavy (non-hydrogen) atoms. The summed E-state index contributed by atoms with van der Waals surface area (Å²) in [6, 6.07) is 8.37. The van der Waals surface area contributed by atoms with Gasteiger partial charge in [0.2, 0.25) is 0 Å². The summed E-state index contributed by atoms with van der Waals surface area (Å²) < 4.78 is 65.1. The summed E-state index contributed by atoms with van der Waals surface area (Å²) in [4.78, 5) is 16.0. The van der Waals surface area contributed by atoms with Crippen LogP contribution in [0.25, 0.3) is 0 Å². The second kappa shape index (κ2) is 8.62. The minimum Gasteiger partial charge on any atom is -0.348 e. The highest BCUT2D eigenvalue weighted by atomic mass is 35.5. The van der Waals surface area contributed by atoms with Crippen molar-refractivity contribution in [2.75, 3.05) is 4.72 Å². The minimum atomic E-state index is -4.56. The number of hydrogen-bond donors (Lipinski definition) is 2. The van der Waals surface area contributed by atoms with Crippen molar-refractivity contribution >= 4 is 44.0 Å². The summed E-state index contributed by atoms with van der Waals surface area (Å²) in [7, 11) is -3.84. The summed E-state index contributed by atoms with van der Waals surface area (Å²) in [5, 5.41) is 3.92. The Hall–Kier alpha value is -2.63. The number of nitrogens with one attached hydrogen (secondary N) is 2. The average molecular weight is 476 g/mol. The number of hydrogen-bond acceptors (Lipinski definition) is 5. The van der Waals surface area contributed by atoms with Crippen molar-refractivity contribution in [3.63, 3.8) is 0 Å². The Balaban J connectivity index is 1.64. The monoisotopic (exact) mass is 475 g/mol. The smallest absolute Gasteiger partial charge is 0.348 e. The third kappa shape index (κ3) is 5.29. The number of anilines is 1. The Bertz CT molecular complexity index is 1150. The average Bonchev–Trinajstić information content (AvgIpc) is 3.17. The first-order chi connectivity index (χ1) is 14.1. The molecule has 1 heterocycles. The largest absolute Gasteiger partial charge is 0.417 e. The summed E-state index contributed by atoms with van der Waals surface area (Å²) in [6.07, 6.45) is -3.10. The van der Waals surface area contributed by atoms with E-state index in [9.17, 15) is 26.4 Å². The van der Waals surface area contributed by atoms with Crippen LogP contribution in [0.3, 0.4) is 0 Å². The van der Waals surface area contributed by atoms with E-state index in [0.29, 0.717) is 5.56 Å². The third-order valence-electron chi connectivity index (χ3n) is 3.87. The van der Waals surface area contributed by atoms with Gasteiger partial charge in [-0.3, -0.25) is 9.52 Å². The molecule has 2 aromatic carbocycles. The molecule has 0 saturated carbocycles. The number of thiazole rings is 1. The molecule has 0 bridgehead atoms. The van der Waals surface area contributed by atoms with Crippen LogP contribution in [0, 0.1) is 0 Å². The molecule has 0 atom stereocenters. The molecule has 0 aliphatic rings. The number of carbonyl (C=O) groups excluding carboxylic acids is 1. The zero-order valence-electron chi connectivity index (χ0n) is 14.9. The lowest BCUT2D eigenvalue weighted by molar-refractivity contribution is -0.137. The van der Waals surface area contributed by atoms with E-state index in [1.165, 1.54) is 36.5 Å². The molecule has 1 amide bonds. The number of benzene rings is 2. The van der Waals surface area contributed by atoms with Gasteiger partial charge in [0.1, 0.15) is 0 Å². The maximum atomic E-state index is 12.7. The van der Waals surface area contributed by atoms with Gasteiger partial charge < -0.3 is 5.32 Å². The maximum Gasteiger partial charge on any atom is 0.417 e. The molecular weight excluding hydrogens is 463 g/mol. The molecule has 6 nitrogen and oxygen atoms in total. The van der Waals surface area contributed by atoms with Gasteiger partial charge in [-0.2, -0.15) is 13.2 Å². The Morgan fingerprint density at radius 2 is 1.83 bits per heavy atom. The molecule has 0 unspecified atom stereocenters. The predicted molar refractivity (Wildman–Crippen MR) is 107 cm³/mol. The van der Waals surface area contributed by atoms with E-state index in [0.717, 1.165) is 23.5 Å². The number of sulfonamides is 1. The summed E-state index contributed by atoms with van der Waals surface area (Å²) >= 11 is 6.78. The summed E-state index contributed by atoms with van der Waals surface area (Å²) in [5.41, 5.74) is -0.392. The van der Waals surface area contributed by atoms with E-state index in [4.69, 9.17) is 11.6 Å². The Morgan fingerprint density at radius 3 is 2.40 bits per heavy atom. The standard InChI is InChI=1S/C18H13ClF3N3O3S2/c19-15-9-11(1-6-14(15)18(20,21)22)10-24-16(26)12-2-4-13(5-3-12)30(27,28)25-17-23-7-8-29-17/h1-9H,10H2,(H,23,25)(H,24,26). The van der Waals surface area contributed by atoms with Gasteiger partial charge in [0.25, 0.3) is 15.9 Å². The number of alkyl halides is 3. The summed E-state index contributed by atoms with van der Waals surface area (Å²) in [6.45, 7) is -0.0532. The van der Waals surface area contributed by atoms with Crippen molar-refractivity contribution in [1.29, 1.82) is 0 Å². The highest BCUT2D eigenvalue weighted by molar-refractivity contribution is 7.93. The molecule has 0 saturated heterocycles. The zero-order valence-corrected chi connectivity index (χ0v) is 17.3. The molecule has 12 heteroatoms. The normalized spacial score (nSPS) is 11.9. The molecular formula is C18H13ClF3N3O3S2. The highest BCUT2D eigenvalue weighted by Crippen LogP contribution is 2.34. The fraction of sp³-hybridized carbons (Fsp3) is 0.111. The lowest BCUT2D eigenvalue weighted by atomic mass is 10.1. The highest BCUT2D eigenvalue weighted by Gasteiger charge is 2.33. The quantitative estimate of drug-likeness (QED) is 0.547. The van der Waals surface area contributed by atoms with Gasteiger partial charge in [0.15, 0.2) is 5.13 Å². The molecule has 0 spiro atoms. The van der Waals surface area contributed by atoms with E-state index >= 15 is 0 Å². The first-order valence-corrected chi connectivity index (χ1v) is 11.0. The second-order valence-corrected chi connectivity index (χ2v) is 8.95. The Morgan fingerprint density at radius 1 is 1.13 bits per heavy atom. The first-order valence-electron chi connectivity index (χ1n) is 8.22. The topological polar surface area (TPSA) is 88.2 Å². The Labute approximate surface area is 178 Å². The van der Waals surface area contributed by atoms with Crippen LogP contribution in [-0.4, -0.2) is 19.3 Å². The van der Waals surface area contributed by atoms with Crippen LogP contribution >= 0.6 is 22.9 Å². The SMILES string of the molecule is O=C(NCc1ccc(C(F)(F)F)c(Cl)c1)c1ccc(S(=O)(=O)Nc2nccs2)cc1. The molecule has 0 radical (unpaired) electrons. The molecule has 2 N–H and O–H groups in total. The number of aromatic nitrogens is 1. The zero-order chi connectivity index (χ0) is 21.9. The van der Waals surface area contributed by atoms with Crippen molar-refractivity contribution in [3.05, 3.63) is 75.8 Å². The van der Waals surface area contributed by atoms with E-state index in [-0.39, 0.29) is 22.1 Å². The predicted octanol–water partition coefficient (Wildman–Crippen LogP) is 4.55. The number of carbonyl (C=O) groups is 1. The molecule has 3 rings (SSSR count). The van der Waals surface area contributed by atoms with Crippen LogP contribution in [0.2, 0.25) is 5.02 Å². The van der Waals surface area contributed by atoms with Gasteiger partial charge in [-0.05, 0) is 42.0 Å². The van der Waals surface area contributed by atoms with Gasteiger partial charge in [-0.15, -0.1) is 11.3 Å². The first kappa shape index (κ1) is 22.1. The van der Waals surface area contributed by atoms with E-state index in [1.807, 2.05) is 0 Å². The fourth-order valence-electron chi connectivity index (χ4n) is 2.42. The lowest BCUT2D eigenvalue weighted by Gasteiger charge is -2.11. The van der Waals surface area contributed by atoms with Crippen LogP contribution in [0.5, 0.6) is 0 Å². The van der Waals surface area contributed by atoms with Crippen LogP contribution in [-0.2, 0) is 22.7 Å². The van der Waals surface area contributed by atoms with Crippen molar-refractivity contribution in [1.82, 2.24) is 10.3 Å². The Kier molecular flexibility index (Phi) is 6.34. The van der Waals surface area contributed by atoms with Crippen LogP contribution in [0.4, 0.5) is 18.3 Å². The van der Waals surface area contributed by atoms with Gasteiger partial charge in [-0.1, -0.05) is 17.7 Å². The minimum absolute atomic E-state index is 0.0521. The van der Waals surface area contributed by atoms with Crippen molar-refractivity contribution in [2.45, 2.75) is 17.6 Å². The van der Waals surface area contributed by atoms with Crippen LogP contribution in [0.15, 0.2) is 58.9 Å². The van der Waals surface area contributed by atoms with E-state index < -0.39 is 32.7 Å². The van der Waals surface area contributed by atoms with Crippen LogP contribution in [0.1, 0.15) is 21.5 Å². The van der Waals surface area contributed by atoms with Gasteiger partial charge in [-0.25, -0.2) is 13.4 Å². The maximum absolute atomic E-state index is 12.7. The molecule has 1 aromatic heterocycles. The van der Waals surface area contributed by atoms with Crippen molar-refractivity contribution < 1.29 is 26.4 Å². The van der Waals surface area contributed by atoms with Gasteiger partial charge >= 0.3 is 6.18 Å². The van der Waals surface area contributed by atoms with Crippen LogP contribution < -0.4 is 10.0 Å². The fourth-order valence-corrected chi connectivity index (χ4v) is 4.52. The molecule has 0 aliphatic heterocycles. The van der Waals surface area contributed by atoms with E-state index in [1.54, 1.807) is 5.38 Å². The molecule has 158 valence electrons. The van der Waals surface area contributed by atoms with Gasteiger partial charge in [0, 0.05) is 23.7 Å². The van der Waals surface area contributed by atoms with Gasteiger partial charge in [0.05, 0.1) is 15.5 Å². The van der Waals surface area contributed by atoms with Crippen molar-refractivity contribution in [2.24, 2.45) is 0 Å².